The molecule has 5 atom stereocenters. The van der Waals surface area contributed by atoms with Crippen molar-refractivity contribution < 1.29 is 24.1 Å². The van der Waals surface area contributed by atoms with Gasteiger partial charge in [-0.2, -0.15) is 0 Å². The maximum atomic E-state index is 9.91. The van der Waals surface area contributed by atoms with Crippen LogP contribution in [0, 0.1) is 17.3 Å². The van der Waals surface area contributed by atoms with Gasteiger partial charge < -0.3 is 24.1 Å². The van der Waals surface area contributed by atoms with Crippen LogP contribution in [0.3, 0.4) is 0 Å². The molecule has 2 aliphatic carbocycles. The van der Waals surface area contributed by atoms with Crippen LogP contribution in [-0.4, -0.2) is 44.9 Å². The van der Waals surface area contributed by atoms with Gasteiger partial charge in [-0.1, -0.05) is 43.4 Å². The van der Waals surface area contributed by atoms with Gasteiger partial charge in [-0.25, -0.2) is 0 Å². The van der Waals surface area contributed by atoms with E-state index in [4.69, 9.17) is 18.9 Å². The summed E-state index contributed by atoms with van der Waals surface area (Å²) in [5, 5.41) is 9.91. The fourth-order valence-corrected chi connectivity index (χ4v) is 4.28. The molecule has 0 unspecified atom stereocenters. The highest BCUT2D eigenvalue weighted by molar-refractivity contribution is 5.27. The summed E-state index contributed by atoms with van der Waals surface area (Å²) in [5.41, 5.74) is 0.970. The molecule has 0 radical (unpaired) electrons. The van der Waals surface area contributed by atoms with Crippen molar-refractivity contribution in [3.63, 3.8) is 0 Å². The summed E-state index contributed by atoms with van der Waals surface area (Å²) in [7, 11) is 3.29. The Morgan fingerprint density at radius 1 is 1.04 bits per heavy atom. The molecule has 0 aliphatic heterocycles. The van der Waals surface area contributed by atoms with E-state index in [1.807, 2.05) is 24.3 Å². The van der Waals surface area contributed by atoms with Crippen LogP contribution in [0.25, 0.3) is 0 Å². The van der Waals surface area contributed by atoms with Gasteiger partial charge in [0.2, 0.25) is 0 Å². The number of aliphatic hydroxyl groups is 1. The summed E-state index contributed by atoms with van der Waals surface area (Å²) in [4.78, 5) is 0. The highest BCUT2D eigenvalue weighted by Crippen LogP contribution is 2.50. The third-order valence-electron chi connectivity index (χ3n) is 5.91. The van der Waals surface area contributed by atoms with Crippen molar-refractivity contribution in [3.8, 4) is 5.75 Å². The van der Waals surface area contributed by atoms with Crippen molar-refractivity contribution >= 4 is 0 Å². The molecule has 2 aliphatic rings. The van der Waals surface area contributed by atoms with E-state index in [-0.39, 0.29) is 42.9 Å². The molecule has 0 spiro atoms. The van der Waals surface area contributed by atoms with Crippen molar-refractivity contribution in [2.24, 2.45) is 17.3 Å². The zero-order valence-corrected chi connectivity index (χ0v) is 16.3. The number of allylic oxidation sites excluding steroid dienone is 1. The first-order chi connectivity index (χ1) is 13.1. The largest absolute Gasteiger partial charge is 0.497 e. The van der Waals surface area contributed by atoms with E-state index >= 15 is 0 Å². The number of rotatable bonds is 8. The highest BCUT2D eigenvalue weighted by atomic mass is 16.7. The van der Waals surface area contributed by atoms with Crippen LogP contribution in [0.4, 0.5) is 0 Å². The average molecular weight is 374 g/mol. The molecule has 1 N–H and O–H groups in total. The molecule has 0 fully saturated rings. The Hall–Kier alpha value is -1.66. The summed E-state index contributed by atoms with van der Waals surface area (Å²) in [6, 6.07) is 7.91. The Bertz CT molecular complexity index is 653. The van der Waals surface area contributed by atoms with Gasteiger partial charge in [0.1, 0.15) is 12.5 Å². The van der Waals surface area contributed by atoms with Gasteiger partial charge in [0, 0.05) is 25.6 Å². The number of aliphatic hydroxyl groups excluding tert-OH is 1. The Kier molecular flexibility index (Phi) is 6.71. The maximum Gasteiger partial charge on any atom is 0.147 e. The van der Waals surface area contributed by atoms with Crippen LogP contribution in [0.5, 0.6) is 5.75 Å². The maximum absolute atomic E-state index is 9.91. The molecule has 0 aromatic heterocycles. The summed E-state index contributed by atoms with van der Waals surface area (Å²) in [6.45, 7) is 3.09. The van der Waals surface area contributed by atoms with E-state index in [0.717, 1.165) is 17.7 Å². The molecule has 0 saturated carbocycles. The second kappa shape index (κ2) is 9.02. The summed E-state index contributed by atoms with van der Waals surface area (Å²) >= 11 is 0. The normalized spacial score (nSPS) is 32.3. The second-order valence-electron chi connectivity index (χ2n) is 7.50. The zero-order chi connectivity index (χ0) is 19.3. The highest BCUT2D eigenvalue weighted by Gasteiger charge is 2.50. The Morgan fingerprint density at radius 2 is 1.78 bits per heavy atom. The quantitative estimate of drug-likeness (QED) is 0.559. The van der Waals surface area contributed by atoms with Gasteiger partial charge >= 0.3 is 0 Å². The van der Waals surface area contributed by atoms with Crippen molar-refractivity contribution in [2.45, 2.75) is 32.2 Å². The fraction of sp³-hybridized carbons (Fsp3) is 0.545. The summed E-state index contributed by atoms with van der Waals surface area (Å²) < 4.78 is 22.6. The molecule has 0 amide bonds. The van der Waals surface area contributed by atoms with Crippen molar-refractivity contribution in [1.29, 1.82) is 0 Å². The fourth-order valence-electron chi connectivity index (χ4n) is 4.28. The number of methoxy groups -OCH3 is 2. The molecule has 0 bridgehead atoms. The van der Waals surface area contributed by atoms with E-state index in [2.05, 4.69) is 31.2 Å². The molecular formula is C22H30O5. The first-order valence-electron chi connectivity index (χ1n) is 9.43. The van der Waals surface area contributed by atoms with Crippen molar-refractivity contribution in [3.05, 3.63) is 54.1 Å². The van der Waals surface area contributed by atoms with Gasteiger partial charge in [0.15, 0.2) is 0 Å². The number of benzene rings is 1. The van der Waals surface area contributed by atoms with Gasteiger partial charge in [-0.3, -0.25) is 0 Å². The van der Waals surface area contributed by atoms with Gasteiger partial charge in [-0.05, 0) is 29.5 Å². The number of hydrogen-bond acceptors (Lipinski definition) is 5. The van der Waals surface area contributed by atoms with Crippen LogP contribution in [0.15, 0.2) is 48.6 Å². The van der Waals surface area contributed by atoms with Crippen LogP contribution in [0.2, 0.25) is 0 Å². The number of hydrogen-bond donors (Lipinski definition) is 1. The first kappa shape index (κ1) is 20.1. The molecule has 1 aromatic rings. The lowest BCUT2D eigenvalue weighted by atomic mass is 9.57. The Morgan fingerprint density at radius 3 is 2.44 bits per heavy atom. The van der Waals surface area contributed by atoms with E-state index in [1.165, 1.54) is 0 Å². The van der Waals surface area contributed by atoms with Gasteiger partial charge in [-0.15, -0.1) is 0 Å². The van der Waals surface area contributed by atoms with Crippen LogP contribution in [0.1, 0.15) is 18.9 Å². The minimum Gasteiger partial charge on any atom is -0.497 e. The van der Waals surface area contributed by atoms with E-state index in [0.29, 0.717) is 6.61 Å². The zero-order valence-electron chi connectivity index (χ0n) is 16.3. The van der Waals surface area contributed by atoms with Crippen LogP contribution >= 0.6 is 0 Å². The minimum atomic E-state index is -0.124. The van der Waals surface area contributed by atoms with Crippen molar-refractivity contribution in [1.82, 2.24) is 0 Å². The van der Waals surface area contributed by atoms with Crippen LogP contribution < -0.4 is 4.74 Å². The van der Waals surface area contributed by atoms with Crippen LogP contribution in [-0.2, 0) is 20.8 Å². The lowest BCUT2D eigenvalue weighted by Crippen LogP contribution is -2.52. The van der Waals surface area contributed by atoms with E-state index in [9.17, 15) is 5.11 Å². The van der Waals surface area contributed by atoms with Gasteiger partial charge in [0.05, 0.1) is 25.9 Å². The van der Waals surface area contributed by atoms with E-state index < -0.39 is 0 Å². The predicted molar refractivity (Wildman–Crippen MR) is 103 cm³/mol. The minimum absolute atomic E-state index is 0.0851. The molecule has 5 heteroatoms. The molecule has 3 rings (SSSR count). The third-order valence-corrected chi connectivity index (χ3v) is 5.91. The average Bonchev–Trinajstić information content (AvgIpc) is 2.70. The number of ether oxygens (including phenoxy) is 4. The first-order valence-corrected chi connectivity index (χ1v) is 9.43. The molecule has 5 nitrogen and oxygen atoms in total. The molecule has 27 heavy (non-hydrogen) atoms. The molecule has 0 saturated heterocycles. The Labute approximate surface area is 161 Å². The third kappa shape index (κ3) is 4.27. The number of fused-ring (bicyclic) bond motifs is 1. The standard InChI is InChI=1S/C22H30O5/c1-22-12-4-5-19(26-14-16-6-9-18(25-3)10-7-16)21(22)20(27-15-24-2)11-8-17(22)13-23/h4-11,17,19-21,23H,12-15H2,1-3H3/t17-,19-,20+,21+,22-/m1/s1. The summed E-state index contributed by atoms with van der Waals surface area (Å²) in [6.07, 6.45) is 9.13. The lowest BCUT2D eigenvalue weighted by molar-refractivity contribution is -0.143. The Balaban J connectivity index is 1.77. The van der Waals surface area contributed by atoms with Crippen molar-refractivity contribution in [2.75, 3.05) is 27.6 Å². The molecule has 148 valence electrons. The predicted octanol–water partition coefficient (Wildman–Crippen LogP) is 3.33. The monoisotopic (exact) mass is 374 g/mol. The topological polar surface area (TPSA) is 57.2 Å². The second-order valence-corrected chi connectivity index (χ2v) is 7.50. The van der Waals surface area contributed by atoms with E-state index in [1.54, 1.807) is 14.2 Å². The lowest BCUT2D eigenvalue weighted by Gasteiger charge is -2.51. The molecular weight excluding hydrogens is 344 g/mol. The smallest absolute Gasteiger partial charge is 0.147 e. The molecule has 1 aromatic carbocycles. The summed E-state index contributed by atoms with van der Waals surface area (Å²) in [5.74, 6) is 1.03. The molecule has 0 heterocycles. The SMILES string of the molecule is COCO[C@H]1C=C[C@H](CO)[C@@]2(C)CC=C[C@@H](OCc3ccc(OC)cc3)[C@@H]12. The van der Waals surface area contributed by atoms with Gasteiger partial charge in [0.25, 0.3) is 0 Å².